The number of ether oxygens (including phenoxy) is 4. The third-order valence-electron chi connectivity index (χ3n) is 3.74. The minimum Gasteiger partial charge on any atom is -0.472 e. The fraction of sp³-hybridized carbons (Fsp3) is 0.412. The molecule has 2 aromatic rings. The van der Waals surface area contributed by atoms with Crippen LogP contribution in [-0.4, -0.2) is 47.1 Å². The summed E-state index contributed by atoms with van der Waals surface area (Å²) in [6, 6.07) is 3.13. The highest BCUT2D eigenvalue weighted by Crippen LogP contribution is 2.41. The Bertz CT molecular complexity index is 965. The van der Waals surface area contributed by atoms with Crippen molar-refractivity contribution in [3.8, 4) is 17.4 Å². The maximum atomic E-state index is 13.1. The Labute approximate surface area is 178 Å². The van der Waals surface area contributed by atoms with Crippen LogP contribution in [0.3, 0.4) is 0 Å². The zero-order chi connectivity index (χ0) is 23.3. The minimum atomic E-state index is -4.78. The van der Waals surface area contributed by atoms with Gasteiger partial charge in [0.25, 0.3) is 5.88 Å². The van der Waals surface area contributed by atoms with Gasteiger partial charge in [0, 0.05) is 26.3 Å². The van der Waals surface area contributed by atoms with Gasteiger partial charge in [-0.2, -0.15) is 13.2 Å². The lowest BCUT2D eigenvalue weighted by Crippen LogP contribution is -2.27. The molecule has 10 nitrogen and oxygen atoms in total. The van der Waals surface area contributed by atoms with E-state index in [1.807, 2.05) is 0 Å². The smallest absolute Gasteiger partial charge is 0.434 e. The second-order valence-corrected chi connectivity index (χ2v) is 6.38. The molecular formula is C17H17ClF3N3O7. The Hall–Kier alpha value is -3.06. The summed E-state index contributed by atoms with van der Waals surface area (Å²) in [4.78, 5) is 22.4. The van der Waals surface area contributed by atoms with Crippen molar-refractivity contribution in [2.24, 2.45) is 7.05 Å². The molecule has 0 saturated heterocycles. The monoisotopic (exact) mass is 467 g/mol. The van der Waals surface area contributed by atoms with Crippen molar-refractivity contribution in [1.29, 1.82) is 0 Å². The molecule has 0 unspecified atom stereocenters. The predicted molar refractivity (Wildman–Crippen MR) is 99.3 cm³/mol. The molecule has 0 radical (unpaired) electrons. The largest absolute Gasteiger partial charge is 0.472 e. The standard InChI is InChI=1S/C17H17ClF3N3O7/c1-9(16(25)29-7-6-28-3)30-12-8-10(4-5-11(12)24(26)27)31-15-13(18)14(17(19,20)21)23(2)22-15/h4-5,8-9H,6-7H2,1-3H3/t9-/m1/s1. The lowest BCUT2D eigenvalue weighted by molar-refractivity contribution is -0.386. The Balaban J connectivity index is 2.28. The number of aromatic nitrogens is 2. The van der Waals surface area contributed by atoms with Crippen LogP contribution in [0.15, 0.2) is 18.2 Å². The fourth-order valence-electron chi connectivity index (χ4n) is 2.34. The van der Waals surface area contributed by atoms with Gasteiger partial charge in [-0.25, -0.2) is 4.79 Å². The number of rotatable bonds is 9. The number of carbonyl (C=O) groups is 1. The van der Waals surface area contributed by atoms with Crippen LogP contribution in [0, 0.1) is 10.1 Å². The summed E-state index contributed by atoms with van der Waals surface area (Å²) in [5.74, 6) is -1.90. The molecule has 0 spiro atoms. The molecule has 31 heavy (non-hydrogen) atoms. The van der Waals surface area contributed by atoms with Gasteiger partial charge in [0.2, 0.25) is 5.75 Å². The van der Waals surface area contributed by atoms with E-state index in [0.29, 0.717) is 4.68 Å². The Morgan fingerprint density at radius 2 is 2.03 bits per heavy atom. The third-order valence-corrected chi connectivity index (χ3v) is 4.08. The Morgan fingerprint density at radius 3 is 2.58 bits per heavy atom. The van der Waals surface area contributed by atoms with E-state index in [2.05, 4.69) is 5.10 Å². The number of nitrogens with zero attached hydrogens (tertiary/aromatic N) is 3. The Morgan fingerprint density at radius 1 is 1.35 bits per heavy atom. The number of nitro benzene ring substituents is 1. The lowest BCUT2D eigenvalue weighted by atomic mass is 10.2. The first-order valence-electron chi connectivity index (χ1n) is 8.54. The van der Waals surface area contributed by atoms with Gasteiger partial charge >= 0.3 is 17.8 Å². The average molecular weight is 468 g/mol. The van der Waals surface area contributed by atoms with E-state index in [0.717, 1.165) is 25.2 Å². The molecule has 0 N–H and O–H groups in total. The van der Waals surface area contributed by atoms with E-state index < -0.39 is 45.5 Å². The minimum absolute atomic E-state index is 0.0476. The zero-order valence-electron chi connectivity index (χ0n) is 16.4. The van der Waals surface area contributed by atoms with Crippen molar-refractivity contribution in [2.45, 2.75) is 19.2 Å². The molecule has 0 bridgehead atoms. The number of methoxy groups -OCH3 is 1. The van der Waals surface area contributed by atoms with Gasteiger partial charge < -0.3 is 18.9 Å². The van der Waals surface area contributed by atoms with Crippen LogP contribution in [-0.2, 0) is 27.5 Å². The SMILES string of the molecule is COCCOC(=O)[C@@H](C)Oc1cc(Oc2nn(C)c(C(F)(F)F)c2Cl)ccc1[N+](=O)[O-]. The van der Waals surface area contributed by atoms with Crippen LogP contribution >= 0.6 is 11.6 Å². The van der Waals surface area contributed by atoms with Gasteiger partial charge in [-0.05, 0) is 13.0 Å². The second-order valence-electron chi connectivity index (χ2n) is 6.00. The molecule has 1 heterocycles. The molecule has 2 rings (SSSR count). The highest BCUT2D eigenvalue weighted by atomic mass is 35.5. The molecule has 0 aliphatic rings. The number of hydrogen-bond acceptors (Lipinski definition) is 8. The van der Waals surface area contributed by atoms with E-state index in [-0.39, 0.29) is 24.7 Å². The van der Waals surface area contributed by atoms with Crippen molar-refractivity contribution in [3.05, 3.63) is 39.0 Å². The molecular weight excluding hydrogens is 451 g/mol. The van der Waals surface area contributed by atoms with Gasteiger partial charge in [-0.3, -0.25) is 14.8 Å². The van der Waals surface area contributed by atoms with Gasteiger partial charge in [0.15, 0.2) is 11.8 Å². The number of carbonyl (C=O) groups excluding carboxylic acids is 1. The zero-order valence-corrected chi connectivity index (χ0v) is 17.2. The van der Waals surface area contributed by atoms with Crippen molar-refractivity contribution >= 4 is 23.3 Å². The molecule has 0 fully saturated rings. The first-order valence-corrected chi connectivity index (χ1v) is 8.91. The van der Waals surface area contributed by atoms with E-state index >= 15 is 0 Å². The maximum Gasteiger partial charge on any atom is 0.434 e. The van der Waals surface area contributed by atoms with E-state index in [1.165, 1.54) is 14.0 Å². The van der Waals surface area contributed by atoms with Crippen LogP contribution in [0.25, 0.3) is 0 Å². The van der Waals surface area contributed by atoms with Crippen molar-refractivity contribution < 1.29 is 41.8 Å². The van der Waals surface area contributed by atoms with Gasteiger partial charge in [0.05, 0.1) is 11.5 Å². The summed E-state index contributed by atoms with van der Waals surface area (Å²) < 4.78 is 59.8. The fourth-order valence-corrected chi connectivity index (χ4v) is 2.65. The molecule has 170 valence electrons. The number of aryl methyl sites for hydroxylation is 1. The Kier molecular flexibility index (Phi) is 7.68. The molecule has 14 heteroatoms. The lowest BCUT2D eigenvalue weighted by Gasteiger charge is -2.14. The second kappa shape index (κ2) is 9.83. The number of alkyl halides is 3. The van der Waals surface area contributed by atoms with Gasteiger partial charge in [-0.1, -0.05) is 11.6 Å². The maximum absolute atomic E-state index is 13.1. The van der Waals surface area contributed by atoms with Crippen LogP contribution in [0.4, 0.5) is 18.9 Å². The number of halogens is 4. The van der Waals surface area contributed by atoms with E-state index in [1.54, 1.807) is 0 Å². The summed E-state index contributed by atoms with van der Waals surface area (Å²) in [6.07, 6.45) is -6.01. The molecule has 0 aliphatic heterocycles. The van der Waals surface area contributed by atoms with Crippen molar-refractivity contribution in [3.63, 3.8) is 0 Å². The van der Waals surface area contributed by atoms with E-state index in [4.69, 9.17) is 30.5 Å². The number of esters is 1. The third kappa shape index (κ3) is 5.98. The van der Waals surface area contributed by atoms with Crippen LogP contribution in [0.2, 0.25) is 5.02 Å². The molecule has 0 amide bonds. The molecule has 0 aliphatic carbocycles. The van der Waals surface area contributed by atoms with Crippen LogP contribution in [0.1, 0.15) is 12.6 Å². The summed E-state index contributed by atoms with van der Waals surface area (Å²) in [5.41, 5.74) is -1.73. The van der Waals surface area contributed by atoms with Crippen molar-refractivity contribution in [1.82, 2.24) is 9.78 Å². The molecule has 1 aromatic heterocycles. The van der Waals surface area contributed by atoms with Crippen LogP contribution in [0.5, 0.6) is 17.4 Å². The summed E-state index contributed by atoms with van der Waals surface area (Å²) in [5, 5.41) is 14.0. The average Bonchev–Trinajstić information content (AvgIpc) is 2.94. The molecule has 0 saturated carbocycles. The quantitative estimate of drug-likeness (QED) is 0.237. The normalized spacial score (nSPS) is 12.4. The first kappa shape index (κ1) is 24.2. The first-order chi connectivity index (χ1) is 14.5. The summed E-state index contributed by atoms with van der Waals surface area (Å²) in [6.45, 7) is 1.40. The van der Waals surface area contributed by atoms with E-state index in [9.17, 15) is 28.1 Å². The number of nitro groups is 1. The number of benzene rings is 1. The molecule has 1 aromatic carbocycles. The number of hydrogen-bond donors (Lipinski definition) is 0. The van der Waals surface area contributed by atoms with Crippen LogP contribution < -0.4 is 9.47 Å². The predicted octanol–water partition coefficient (Wildman–Crippen LogP) is 3.75. The summed E-state index contributed by atoms with van der Waals surface area (Å²) in [7, 11) is 2.44. The topological polar surface area (TPSA) is 115 Å². The summed E-state index contributed by atoms with van der Waals surface area (Å²) >= 11 is 5.73. The molecule has 1 atom stereocenters. The van der Waals surface area contributed by atoms with Gasteiger partial charge in [-0.15, -0.1) is 5.10 Å². The highest BCUT2D eigenvalue weighted by molar-refractivity contribution is 6.32. The highest BCUT2D eigenvalue weighted by Gasteiger charge is 2.39. The van der Waals surface area contributed by atoms with Gasteiger partial charge in [0.1, 0.15) is 17.4 Å². The van der Waals surface area contributed by atoms with Crippen molar-refractivity contribution in [2.75, 3.05) is 20.3 Å².